The lowest BCUT2D eigenvalue weighted by Gasteiger charge is -2.09. The molecule has 1 heterocycles. The van der Waals surface area contributed by atoms with Crippen LogP contribution in [0.4, 0.5) is 5.69 Å². The topological polar surface area (TPSA) is 54.1 Å². The third-order valence-electron chi connectivity index (χ3n) is 2.82. The average Bonchev–Trinajstić information content (AvgIpc) is 2.88. The number of rotatable bonds is 4. The number of H-pyrrole nitrogens is 1. The Morgan fingerprint density at radius 2 is 2.16 bits per heavy atom. The van der Waals surface area contributed by atoms with E-state index in [1.807, 2.05) is 31.2 Å². The molecule has 0 saturated carbocycles. The minimum absolute atomic E-state index is 0.357. The number of hydrogen-bond acceptors (Lipinski definition) is 3. The summed E-state index contributed by atoms with van der Waals surface area (Å²) in [5, 5.41) is 3.33. The van der Waals surface area contributed by atoms with Crippen LogP contribution in [0.3, 0.4) is 0 Å². The Morgan fingerprint density at radius 1 is 1.37 bits per heavy atom. The molecule has 100 valence electrons. The lowest BCUT2D eigenvalue weighted by molar-refractivity contribution is 0.0594. The van der Waals surface area contributed by atoms with Crippen LogP contribution in [-0.2, 0) is 11.3 Å². The molecule has 2 aromatic rings. The predicted octanol–water partition coefficient (Wildman–Crippen LogP) is 3.48. The molecule has 1 aromatic carbocycles. The number of anilines is 1. The first-order valence-corrected chi connectivity index (χ1v) is 6.65. The zero-order chi connectivity index (χ0) is 13.8. The van der Waals surface area contributed by atoms with Gasteiger partial charge in [0, 0.05) is 15.9 Å². The quantitative estimate of drug-likeness (QED) is 0.847. The van der Waals surface area contributed by atoms with Gasteiger partial charge in [-0.05, 0) is 36.8 Å². The van der Waals surface area contributed by atoms with Crippen molar-refractivity contribution in [1.29, 1.82) is 0 Å². The Labute approximate surface area is 120 Å². The van der Waals surface area contributed by atoms with Crippen molar-refractivity contribution < 1.29 is 9.53 Å². The number of aryl methyl sites for hydroxylation is 1. The number of carbonyl (C=O) groups is 1. The molecule has 1 aromatic heterocycles. The summed E-state index contributed by atoms with van der Waals surface area (Å²) in [4.78, 5) is 14.3. The van der Waals surface area contributed by atoms with Crippen LogP contribution in [0.2, 0.25) is 0 Å². The van der Waals surface area contributed by atoms with Gasteiger partial charge in [0.1, 0.15) is 5.69 Å². The summed E-state index contributed by atoms with van der Waals surface area (Å²) >= 11 is 3.45. The number of aromatic nitrogens is 1. The fraction of sp³-hybridized carbons (Fsp3) is 0.214. The maximum Gasteiger partial charge on any atom is 0.354 e. The highest BCUT2D eigenvalue weighted by atomic mass is 79.9. The largest absolute Gasteiger partial charge is 0.464 e. The molecule has 0 amide bonds. The molecule has 0 atom stereocenters. The van der Waals surface area contributed by atoms with Gasteiger partial charge in [-0.2, -0.15) is 0 Å². The van der Waals surface area contributed by atoms with Crippen LogP contribution in [0.25, 0.3) is 0 Å². The number of nitrogens with one attached hydrogen (secondary N) is 2. The average molecular weight is 323 g/mol. The van der Waals surface area contributed by atoms with E-state index in [9.17, 15) is 4.79 Å². The van der Waals surface area contributed by atoms with E-state index in [0.717, 1.165) is 15.9 Å². The fourth-order valence-corrected chi connectivity index (χ4v) is 2.11. The molecule has 2 N–H and O–H groups in total. The van der Waals surface area contributed by atoms with Crippen molar-refractivity contribution in [2.45, 2.75) is 13.5 Å². The molecule has 0 aliphatic carbocycles. The van der Waals surface area contributed by atoms with Gasteiger partial charge in [0.25, 0.3) is 0 Å². The van der Waals surface area contributed by atoms with Crippen LogP contribution in [0.5, 0.6) is 0 Å². The molecule has 4 nitrogen and oxygen atoms in total. The first kappa shape index (κ1) is 13.7. The maximum absolute atomic E-state index is 11.3. The van der Waals surface area contributed by atoms with E-state index in [1.54, 1.807) is 6.07 Å². The van der Waals surface area contributed by atoms with E-state index < -0.39 is 0 Å². The van der Waals surface area contributed by atoms with Crippen molar-refractivity contribution in [3.05, 3.63) is 51.8 Å². The Kier molecular flexibility index (Phi) is 4.27. The fourth-order valence-electron chi connectivity index (χ4n) is 1.75. The second-order valence-corrected chi connectivity index (χ2v) is 5.12. The lowest BCUT2D eigenvalue weighted by atomic mass is 10.2. The number of ether oxygens (including phenoxy) is 1. The molecular formula is C14H15BrN2O2. The predicted molar refractivity (Wildman–Crippen MR) is 78.3 cm³/mol. The number of methoxy groups -OCH3 is 1. The van der Waals surface area contributed by atoms with E-state index in [0.29, 0.717) is 12.2 Å². The molecular weight excluding hydrogens is 308 g/mol. The molecule has 0 bridgehead atoms. The number of carbonyl (C=O) groups excluding carboxylic acids is 1. The Morgan fingerprint density at radius 3 is 2.89 bits per heavy atom. The van der Waals surface area contributed by atoms with E-state index >= 15 is 0 Å². The van der Waals surface area contributed by atoms with Gasteiger partial charge < -0.3 is 15.0 Å². The molecule has 0 saturated heterocycles. The summed E-state index contributed by atoms with van der Waals surface area (Å²) in [6.07, 6.45) is 0. The molecule has 19 heavy (non-hydrogen) atoms. The summed E-state index contributed by atoms with van der Waals surface area (Å²) in [6.45, 7) is 2.66. The van der Waals surface area contributed by atoms with Gasteiger partial charge in [0.05, 0.1) is 13.7 Å². The molecule has 0 aliphatic rings. The number of hydrogen-bond donors (Lipinski definition) is 2. The van der Waals surface area contributed by atoms with Gasteiger partial charge >= 0.3 is 5.97 Å². The van der Waals surface area contributed by atoms with Gasteiger partial charge in [0.15, 0.2) is 0 Å². The lowest BCUT2D eigenvalue weighted by Crippen LogP contribution is -2.04. The molecule has 5 heteroatoms. The summed E-state index contributed by atoms with van der Waals surface area (Å²) in [6, 6.07) is 9.66. The number of esters is 1. The summed E-state index contributed by atoms with van der Waals surface area (Å²) < 4.78 is 5.68. The van der Waals surface area contributed by atoms with Crippen LogP contribution >= 0.6 is 15.9 Å². The van der Waals surface area contributed by atoms with Gasteiger partial charge in [0.2, 0.25) is 0 Å². The van der Waals surface area contributed by atoms with Crippen molar-refractivity contribution >= 4 is 27.6 Å². The van der Waals surface area contributed by atoms with Crippen molar-refractivity contribution in [2.75, 3.05) is 12.4 Å². The van der Waals surface area contributed by atoms with Crippen molar-refractivity contribution in [3.63, 3.8) is 0 Å². The highest BCUT2D eigenvalue weighted by Crippen LogP contribution is 2.21. The van der Waals surface area contributed by atoms with Gasteiger partial charge in [-0.3, -0.25) is 0 Å². The Bertz CT molecular complexity index is 593. The highest BCUT2D eigenvalue weighted by Gasteiger charge is 2.08. The molecule has 2 rings (SSSR count). The molecule has 0 unspecified atom stereocenters. The van der Waals surface area contributed by atoms with Crippen LogP contribution in [0, 0.1) is 6.92 Å². The summed E-state index contributed by atoms with van der Waals surface area (Å²) in [7, 11) is 1.37. The molecule has 0 fully saturated rings. The van der Waals surface area contributed by atoms with Crippen molar-refractivity contribution in [2.24, 2.45) is 0 Å². The molecule has 0 radical (unpaired) electrons. The smallest absolute Gasteiger partial charge is 0.354 e. The van der Waals surface area contributed by atoms with Gasteiger partial charge in [-0.1, -0.05) is 22.0 Å². The van der Waals surface area contributed by atoms with Crippen LogP contribution in [-0.4, -0.2) is 18.1 Å². The Hall–Kier alpha value is -1.75. The second kappa shape index (κ2) is 5.93. The van der Waals surface area contributed by atoms with Crippen LogP contribution < -0.4 is 5.32 Å². The minimum atomic E-state index is -0.357. The minimum Gasteiger partial charge on any atom is -0.464 e. The third kappa shape index (κ3) is 3.38. The molecule has 0 aliphatic heterocycles. The van der Waals surface area contributed by atoms with Crippen molar-refractivity contribution in [1.82, 2.24) is 4.98 Å². The van der Waals surface area contributed by atoms with E-state index in [2.05, 4.69) is 31.0 Å². The zero-order valence-electron chi connectivity index (χ0n) is 10.8. The second-order valence-electron chi connectivity index (χ2n) is 4.20. The van der Waals surface area contributed by atoms with E-state index in [1.165, 1.54) is 12.7 Å². The van der Waals surface area contributed by atoms with Gasteiger partial charge in [-0.25, -0.2) is 4.79 Å². The van der Waals surface area contributed by atoms with E-state index in [4.69, 9.17) is 0 Å². The van der Waals surface area contributed by atoms with Crippen LogP contribution in [0.15, 0.2) is 34.8 Å². The Balaban J connectivity index is 2.04. The van der Waals surface area contributed by atoms with Crippen molar-refractivity contribution in [3.8, 4) is 0 Å². The monoisotopic (exact) mass is 322 g/mol. The SMILES string of the molecule is COC(=O)c1ccc(CNc2cc(Br)ccc2C)[nH]1. The summed E-state index contributed by atoms with van der Waals surface area (Å²) in [5.41, 5.74) is 3.62. The van der Waals surface area contributed by atoms with Crippen LogP contribution in [0.1, 0.15) is 21.7 Å². The number of benzene rings is 1. The normalized spacial score (nSPS) is 10.3. The number of aromatic amines is 1. The number of halogens is 1. The van der Waals surface area contributed by atoms with Gasteiger partial charge in [-0.15, -0.1) is 0 Å². The third-order valence-corrected chi connectivity index (χ3v) is 3.31. The maximum atomic E-state index is 11.3. The zero-order valence-corrected chi connectivity index (χ0v) is 12.4. The standard InChI is InChI=1S/C14H15BrN2O2/c1-9-3-4-10(15)7-13(9)16-8-11-5-6-12(17-11)14(18)19-2/h3-7,16-17H,8H2,1-2H3. The molecule has 0 spiro atoms. The van der Waals surface area contributed by atoms with E-state index in [-0.39, 0.29) is 5.97 Å². The first-order valence-electron chi connectivity index (χ1n) is 5.86. The highest BCUT2D eigenvalue weighted by molar-refractivity contribution is 9.10. The summed E-state index contributed by atoms with van der Waals surface area (Å²) in [5.74, 6) is -0.357. The first-order chi connectivity index (χ1) is 9.10.